The van der Waals surface area contributed by atoms with Crippen LogP contribution in [0.1, 0.15) is 24.2 Å². The lowest BCUT2D eigenvalue weighted by Gasteiger charge is -2.28. The van der Waals surface area contributed by atoms with Crippen molar-refractivity contribution in [2.75, 3.05) is 0 Å². The first-order chi connectivity index (χ1) is 8.99. The first-order valence-electron chi connectivity index (χ1n) is 5.99. The SMILES string of the molecule is C[C@H]1Oc2cc(O)c3ccc(=O)oc3c2C(=O)[C@@H]1C. The molecule has 0 fully saturated rings. The largest absolute Gasteiger partial charge is 0.507 e. The number of rotatable bonds is 0. The maximum absolute atomic E-state index is 12.3. The van der Waals surface area contributed by atoms with Crippen molar-refractivity contribution in [3.05, 3.63) is 34.2 Å². The molecule has 3 rings (SSSR count). The van der Waals surface area contributed by atoms with Crippen molar-refractivity contribution in [2.45, 2.75) is 20.0 Å². The summed E-state index contributed by atoms with van der Waals surface area (Å²) in [6.07, 6.45) is -0.285. The quantitative estimate of drug-likeness (QED) is 0.734. The number of carbonyl (C=O) groups excluding carboxylic acids is 1. The van der Waals surface area contributed by atoms with Crippen LogP contribution >= 0.6 is 0 Å². The Morgan fingerprint density at radius 2 is 1.95 bits per heavy atom. The molecule has 2 atom stereocenters. The maximum atomic E-state index is 12.3. The summed E-state index contributed by atoms with van der Waals surface area (Å²) in [5.74, 6) is -0.291. The first-order valence-corrected chi connectivity index (χ1v) is 5.99. The van der Waals surface area contributed by atoms with Gasteiger partial charge in [0.1, 0.15) is 23.2 Å². The van der Waals surface area contributed by atoms with E-state index in [2.05, 4.69) is 0 Å². The van der Waals surface area contributed by atoms with E-state index in [1.165, 1.54) is 18.2 Å². The van der Waals surface area contributed by atoms with E-state index in [-0.39, 0.29) is 40.5 Å². The Hall–Kier alpha value is -2.30. The number of ketones is 1. The van der Waals surface area contributed by atoms with E-state index in [1.807, 2.05) is 0 Å². The van der Waals surface area contributed by atoms with Gasteiger partial charge in [-0.1, -0.05) is 6.92 Å². The molecule has 0 spiro atoms. The van der Waals surface area contributed by atoms with Gasteiger partial charge in [-0.2, -0.15) is 0 Å². The molecule has 0 unspecified atom stereocenters. The lowest BCUT2D eigenvalue weighted by molar-refractivity contribution is 0.0731. The second kappa shape index (κ2) is 3.85. The molecule has 0 saturated heterocycles. The fourth-order valence-corrected chi connectivity index (χ4v) is 2.26. The predicted molar refractivity (Wildman–Crippen MR) is 67.7 cm³/mol. The highest BCUT2D eigenvalue weighted by molar-refractivity contribution is 6.11. The normalized spacial score (nSPS) is 22.1. The summed E-state index contributed by atoms with van der Waals surface area (Å²) >= 11 is 0. The smallest absolute Gasteiger partial charge is 0.336 e. The standard InChI is InChI=1S/C14H12O5/c1-6-7(2)18-10-5-9(15)8-3-4-11(16)19-14(8)12(10)13(6)17/h3-7,15H,1-2H3/t6-,7-/m1/s1. The molecule has 1 aliphatic heterocycles. The number of carbonyl (C=O) groups is 1. The molecule has 98 valence electrons. The van der Waals surface area contributed by atoms with Crippen LogP contribution in [-0.4, -0.2) is 17.0 Å². The zero-order valence-corrected chi connectivity index (χ0v) is 10.5. The Morgan fingerprint density at radius 3 is 2.68 bits per heavy atom. The van der Waals surface area contributed by atoms with Crippen LogP contribution in [0.5, 0.6) is 11.5 Å². The molecule has 1 N–H and O–H groups in total. The van der Waals surface area contributed by atoms with Crippen LogP contribution in [0.3, 0.4) is 0 Å². The molecule has 2 aromatic rings. The van der Waals surface area contributed by atoms with E-state index < -0.39 is 5.63 Å². The summed E-state index contributed by atoms with van der Waals surface area (Å²) in [4.78, 5) is 23.7. The molecule has 5 nitrogen and oxygen atoms in total. The molecule has 19 heavy (non-hydrogen) atoms. The highest BCUT2D eigenvalue weighted by Gasteiger charge is 2.34. The number of phenols is 1. The molecule has 0 aliphatic carbocycles. The third kappa shape index (κ3) is 1.62. The van der Waals surface area contributed by atoms with E-state index >= 15 is 0 Å². The molecule has 0 bridgehead atoms. The molecular weight excluding hydrogens is 248 g/mol. The number of ether oxygens (including phenoxy) is 1. The highest BCUT2D eigenvalue weighted by Crippen LogP contribution is 2.39. The van der Waals surface area contributed by atoms with Crippen LogP contribution in [0.2, 0.25) is 0 Å². The third-order valence-electron chi connectivity index (χ3n) is 3.53. The molecule has 2 heterocycles. The fourth-order valence-electron chi connectivity index (χ4n) is 2.26. The van der Waals surface area contributed by atoms with Crippen molar-refractivity contribution in [1.82, 2.24) is 0 Å². The minimum Gasteiger partial charge on any atom is -0.507 e. The zero-order chi connectivity index (χ0) is 13.7. The number of aromatic hydroxyl groups is 1. The Balaban J connectivity index is 2.42. The summed E-state index contributed by atoms with van der Waals surface area (Å²) in [6.45, 7) is 3.55. The average Bonchev–Trinajstić information content (AvgIpc) is 2.35. The van der Waals surface area contributed by atoms with Gasteiger partial charge in [0.15, 0.2) is 11.4 Å². The highest BCUT2D eigenvalue weighted by atomic mass is 16.5. The van der Waals surface area contributed by atoms with Crippen molar-refractivity contribution in [1.29, 1.82) is 0 Å². The number of fused-ring (bicyclic) bond motifs is 3. The summed E-state index contributed by atoms with van der Waals surface area (Å²) < 4.78 is 10.7. The molecular formula is C14H12O5. The van der Waals surface area contributed by atoms with E-state index in [9.17, 15) is 14.7 Å². The van der Waals surface area contributed by atoms with Crippen LogP contribution in [0, 0.1) is 5.92 Å². The average molecular weight is 260 g/mol. The first kappa shape index (κ1) is 11.8. The second-order valence-corrected chi connectivity index (χ2v) is 4.74. The van der Waals surface area contributed by atoms with E-state index in [0.29, 0.717) is 5.39 Å². The number of Topliss-reactive ketones (excluding diaryl/α,β-unsaturated/α-hetero) is 1. The van der Waals surface area contributed by atoms with Crippen LogP contribution < -0.4 is 10.4 Å². The van der Waals surface area contributed by atoms with Gasteiger partial charge in [0.2, 0.25) is 0 Å². The van der Waals surface area contributed by atoms with Gasteiger partial charge in [-0.3, -0.25) is 4.79 Å². The van der Waals surface area contributed by atoms with Crippen LogP contribution in [0.4, 0.5) is 0 Å². The Morgan fingerprint density at radius 1 is 1.21 bits per heavy atom. The molecule has 0 radical (unpaired) electrons. The van der Waals surface area contributed by atoms with Gasteiger partial charge in [0, 0.05) is 12.1 Å². The minimum atomic E-state index is -0.570. The summed E-state index contributed by atoms with van der Waals surface area (Å²) in [6, 6.07) is 4.03. The molecule has 1 aromatic carbocycles. The lowest BCUT2D eigenvalue weighted by Crippen LogP contribution is -2.33. The molecule has 0 amide bonds. The molecule has 5 heteroatoms. The molecule has 0 saturated carbocycles. The Bertz CT molecular complexity index is 743. The van der Waals surface area contributed by atoms with Crippen molar-refractivity contribution < 1.29 is 19.1 Å². The van der Waals surface area contributed by atoms with E-state index in [1.54, 1.807) is 13.8 Å². The molecule has 1 aliphatic rings. The van der Waals surface area contributed by atoms with E-state index in [0.717, 1.165) is 0 Å². The molecule has 1 aromatic heterocycles. The van der Waals surface area contributed by atoms with Crippen LogP contribution in [0.25, 0.3) is 11.0 Å². The topological polar surface area (TPSA) is 76.7 Å². The third-order valence-corrected chi connectivity index (χ3v) is 3.53. The number of benzene rings is 1. The van der Waals surface area contributed by atoms with Crippen molar-refractivity contribution in [2.24, 2.45) is 5.92 Å². The van der Waals surface area contributed by atoms with Gasteiger partial charge in [-0.05, 0) is 13.0 Å². The number of phenolic OH excluding ortho intramolecular Hbond substituents is 1. The lowest BCUT2D eigenvalue weighted by atomic mass is 9.90. The van der Waals surface area contributed by atoms with Crippen LogP contribution in [-0.2, 0) is 0 Å². The van der Waals surface area contributed by atoms with Crippen molar-refractivity contribution >= 4 is 16.8 Å². The van der Waals surface area contributed by atoms with Gasteiger partial charge < -0.3 is 14.3 Å². The van der Waals surface area contributed by atoms with Crippen molar-refractivity contribution in [3.63, 3.8) is 0 Å². The predicted octanol–water partition coefficient (Wildman–Crippen LogP) is 2.10. The van der Waals surface area contributed by atoms with Gasteiger partial charge in [-0.15, -0.1) is 0 Å². The van der Waals surface area contributed by atoms with Crippen molar-refractivity contribution in [3.8, 4) is 11.5 Å². The van der Waals surface area contributed by atoms with Gasteiger partial charge in [0.25, 0.3) is 0 Å². The monoisotopic (exact) mass is 260 g/mol. The van der Waals surface area contributed by atoms with E-state index in [4.69, 9.17) is 9.15 Å². The Kier molecular flexibility index (Phi) is 2.38. The van der Waals surface area contributed by atoms with Gasteiger partial charge >= 0.3 is 5.63 Å². The van der Waals surface area contributed by atoms with Gasteiger partial charge in [0.05, 0.1) is 11.3 Å². The Labute approximate surface area is 108 Å². The number of hydrogen-bond acceptors (Lipinski definition) is 5. The van der Waals surface area contributed by atoms with Crippen LogP contribution in [0.15, 0.2) is 27.4 Å². The second-order valence-electron chi connectivity index (χ2n) is 4.74. The summed E-state index contributed by atoms with van der Waals surface area (Å²) in [5, 5.41) is 10.2. The summed E-state index contributed by atoms with van der Waals surface area (Å²) in [7, 11) is 0. The summed E-state index contributed by atoms with van der Waals surface area (Å²) in [5.41, 5.74) is -0.248. The number of hydrogen-bond donors (Lipinski definition) is 1. The minimum absolute atomic E-state index is 0.0768. The maximum Gasteiger partial charge on any atom is 0.336 e. The zero-order valence-electron chi connectivity index (χ0n) is 10.5. The fraction of sp³-hybridized carbons (Fsp3) is 0.286. The van der Waals surface area contributed by atoms with Gasteiger partial charge in [-0.25, -0.2) is 4.79 Å².